The summed E-state index contributed by atoms with van der Waals surface area (Å²) in [6.45, 7) is 6.67. The van der Waals surface area contributed by atoms with Gasteiger partial charge < -0.3 is 0 Å². The zero-order chi connectivity index (χ0) is 11.7. The first kappa shape index (κ1) is 11.1. The van der Waals surface area contributed by atoms with Crippen LogP contribution in [0.4, 0.5) is 0 Å². The molecular weight excluding hydrogens is 194 g/mol. The van der Waals surface area contributed by atoms with Gasteiger partial charge in [-0.1, -0.05) is 24.3 Å². The van der Waals surface area contributed by atoms with Crippen LogP contribution in [0.3, 0.4) is 0 Å². The Morgan fingerprint density at radius 3 is 2.56 bits per heavy atom. The summed E-state index contributed by atoms with van der Waals surface area (Å²) in [6, 6.07) is 9.22. The molecule has 1 aliphatic rings. The van der Waals surface area contributed by atoms with Gasteiger partial charge in [0.15, 0.2) is 6.04 Å². The van der Waals surface area contributed by atoms with E-state index in [0.717, 1.165) is 6.42 Å². The van der Waals surface area contributed by atoms with E-state index in [1.54, 1.807) is 0 Å². The van der Waals surface area contributed by atoms with Gasteiger partial charge in [-0.2, -0.15) is 0 Å². The van der Waals surface area contributed by atoms with Crippen molar-refractivity contribution < 1.29 is 4.58 Å². The minimum atomic E-state index is 0.596. The van der Waals surface area contributed by atoms with Crippen molar-refractivity contribution in [2.45, 2.75) is 33.2 Å². The van der Waals surface area contributed by atoms with E-state index in [9.17, 15) is 0 Å². The highest BCUT2D eigenvalue weighted by atomic mass is 15.0. The van der Waals surface area contributed by atoms with Gasteiger partial charge in [0.1, 0.15) is 7.05 Å². The predicted molar refractivity (Wildman–Crippen MR) is 69.3 cm³/mol. The molecule has 1 heterocycles. The first-order valence-corrected chi connectivity index (χ1v) is 5.94. The lowest BCUT2D eigenvalue weighted by Crippen LogP contribution is -2.31. The fourth-order valence-electron chi connectivity index (χ4n) is 2.34. The topological polar surface area (TPSA) is 3.01 Å². The number of allylic oxidation sites excluding steroid dienone is 1. The number of hydrogen-bond donors (Lipinski definition) is 0. The molecule has 0 spiro atoms. The van der Waals surface area contributed by atoms with Gasteiger partial charge in [0.25, 0.3) is 0 Å². The summed E-state index contributed by atoms with van der Waals surface area (Å²) in [5.41, 5.74) is 5.50. The second-order valence-corrected chi connectivity index (χ2v) is 4.75. The SMILES string of the molecule is CC1=CCC(C)[N+](C)=C1c1ccccc1C. The zero-order valence-electron chi connectivity index (χ0n) is 10.6. The number of nitrogens with zero attached hydrogens (tertiary/aromatic N) is 1. The fraction of sp³-hybridized carbons (Fsp3) is 0.400. The summed E-state index contributed by atoms with van der Waals surface area (Å²) in [7, 11) is 2.20. The van der Waals surface area contributed by atoms with Crippen molar-refractivity contribution in [3.05, 3.63) is 47.0 Å². The highest BCUT2D eigenvalue weighted by molar-refractivity contribution is 6.10. The molecule has 0 aliphatic carbocycles. The molecule has 1 unspecified atom stereocenters. The molecule has 1 aromatic carbocycles. The summed E-state index contributed by atoms with van der Waals surface area (Å²) in [4.78, 5) is 0. The Balaban J connectivity index is 2.58. The molecule has 0 N–H and O–H groups in total. The average Bonchev–Trinajstić information content (AvgIpc) is 2.27. The summed E-state index contributed by atoms with van der Waals surface area (Å²) >= 11 is 0. The molecule has 0 bridgehead atoms. The van der Waals surface area contributed by atoms with Crippen molar-refractivity contribution in [2.24, 2.45) is 0 Å². The van der Waals surface area contributed by atoms with Crippen LogP contribution in [0.15, 0.2) is 35.9 Å². The lowest BCUT2D eigenvalue weighted by atomic mass is 9.94. The molecule has 1 aliphatic heterocycles. The van der Waals surface area contributed by atoms with Gasteiger partial charge in [0, 0.05) is 17.6 Å². The van der Waals surface area contributed by atoms with Gasteiger partial charge in [-0.3, -0.25) is 0 Å². The van der Waals surface area contributed by atoms with Gasteiger partial charge in [0.05, 0.1) is 0 Å². The van der Waals surface area contributed by atoms with Crippen molar-refractivity contribution in [2.75, 3.05) is 7.05 Å². The Bertz CT molecular complexity index is 466. The first-order valence-electron chi connectivity index (χ1n) is 5.94. The highest BCUT2D eigenvalue weighted by Gasteiger charge is 2.25. The number of hydrogen-bond acceptors (Lipinski definition) is 0. The van der Waals surface area contributed by atoms with Gasteiger partial charge >= 0.3 is 0 Å². The van der Waals surface area contributed by atoms with Crippen LogP contribution in [0.25, 0.3) is 0 Å². The second kappa shape index (κ2) is 4.25. The van der Waals surface area contributed by atoms with E-state index < -0.39 is 0 Å². The third-order valence-corrected chi connectivity index (χ3v) is 3.55. The normalized spacial score (nSPS) is 21.0. The van der Waals surface area contributed by atoms with Crippen LogP contribution in [-0.4, -0.2) is 23.4 Å². The average molecular weight is 214 g/mol. The van der Waals surface area contributed by atoms with Gasteiger partial charge in [0.2, 0.25) is 5.71 Å². The maximum absolute atomic E-state index is 2.40. The van der Waals surface area contributed by atoms with Crippen molar-refractivity contribution in [3.63, 3.8) is 0 Å². The van der Waals surface area contributed by atoms with Gasteiger partial charge in [-0.15, -0.1) is 0 Å². The molecule has 84 valence electrons. The zero-order valence-corrected chi connectivity index (χ0v) is 10.6. The molecule has 1 heteroatoms. The molecule has 0 saturated carbocycles. The summed E-state index contributed by atoms with van der Waals surface area (Å²) in [5, 5.41) is 0. The number of rotatable bonds is 1. The van der Waals surface area contributed by atoms with Crippen LogP contribution < -0.4 is 0 Å². The molecule has 1 atom stereocenters. The minimum absolute atomic E-state index is 0.596. The van der Waals surface area contributed by atoms with Crippen molar-refractivity contribution in [3.8, 4) is 0 Å². The van der Waals surface area contributed by atoms with E-state index >= 15 is 0 Å². The largest absolute Gasteiger partial charge is 0.229 e. The van der Waals surface area contributed by atoms with E-state index in [0.29, 0.717) is 6.04 Å². The van der Waals surface area contributed by atoms with Crippen LogP contribution in [0.2, 0.25) is 0 Å². The molecule has 0 aromatic heterocycles. The Labute approximate surface area is 98.1 Å². The Hall–Kier alpha value is -1.37. The van der Waals surface area contributed by atoms with E-state index in [-0.39, 0.29) is 0 Å². The molecule has 0 radical (unpaired) electrons. The minimum Gasteiger partial charge on any atom is -0.229 e. The van der Waals surface area contributed by atoms with Crippen LogP contribution in [0, 0.1) is 6.92 Å². The number of benzene rings is 1. The number of aryl methyl sites for hydroxylation is 1. The van der Waals surface area contributed by atoms with Crippen molar-refractivity contribution in [1.82, 2.24) is 0 Å². The van der Waals surface area contributed by atoms with Crippen molar-refractivity contribution in [1.29, 1.82) is 0 Å². The lowest BCUT2D eigenvalue weighted by molar-refractivity contribution is -0.533. The Kier molecular flexibility index (Phi) is 2.95. The fourth-order valence-corrected chi connectivity index (χ4v) is 2.34. The Morgan fingerprint density at radius 2 is 1.88 bits per heavy atom. The monoisotopic (exact) mass is 214 g/mol. The van der Waals surface area contributed by atoms with Crippen LogP contribution in [0.1, 0.15) is 31.4 Å². The first-order chi connectivity index (χ1) is 7.61. The second-order valence-electron chi connectivity index (χ2n) is 4.75. The van der Waals surface area contributed by atoms with E-state index in [1.165, 1.54) is 22.4 Å². The third kappa shape index (κ3) is 1.82. The molecule has 16 heavy (non-hydrogen) atoms. The summed E-state index contributed by atoms with van der Waals surface area (Å²) in [6.07, 6.45) is 3.50. The van der Waals surface area contributed by atoms with E-state index in [4.69, 9.17) is 0 Å². The van der Waals surface area contributed by atoms with Crippen molar-refractivity contribution >= 4 is 5.71 Å². The highest BCUT2D eigenvalue weighted by Crippen LogP contribution is 2.19. The summed E-state index contributed by atoms with van der Waals surface area (Å²) in [5.74, 6) is 0. The van der Waals surface area contributed by atoms with Gasteiger partial charge in [-0.25, -0.2) is 4.58 Å². The maximum Gasteiger partial charge on any atom is 0.210 e. The van der Waals surface area contributed by atoms with E-state index in [1.807, 2.05) is 0 Å². The molecule has 1 aromatic rings. The Morgan fingerprint density at radius 1 is 1.19 bits per heavy atom. The third-order valence-electron chi connectivity index (χ3n) is 3.55. The van der Waals surface area contributed by atoms with Crippen LogP contribution in [0.5, 0.6) is 0 Å². The maximum atomic E-state index is 2.40. The smallest absolute Gasteiger partial charge is 0.210 e. The molecule has 0 saturated heterocycles. The summed E-state index contributed by atoms with van der Waals surface area (Å²) < 4.78 is 2.40. The van der Waals surface area contributed by atoms with Crippen LogP contribution in [-0.2, 0) is 0 Å². The standard InChI is InChI=1S/C15H20N/c1-11-7-5-6-8-14(11)15-12(2)9-10-13(3)16(15)4/h5-9,13H,10H2,1-4H3/q+1. The molecule has 2 rings (SSSR count). The molecule has 1 nitrogen and oxygen atoms in total. The predicted octanol–water partition coefficient (Wildman–Crippen LogP) is 3.16. The van der Waals surface area contributed by atoms with Gasteiger partial charge in [-0.05, 0) is 32.4 Å². The molecule has 0 fully saturated rings. The van der Waals surface area contributed by atoms with E-state index in [2.05, 4.69) is 62.7 Å². The van der Waals surface area contributed by atoms with Crippen LogP contribution >= 0.6 is 0 Å². The molecule has 0 amide bonds. The lowest BCUT2D eigenvalue weighted by Gasteiger charge is -2.18. The molecular formula is C15H20N+. The quantitative estimate of drug-likeness (QED) is 0.632.